The van der Waals surface area contributed by atoms with Crippen molar-refractivity contribution in [2.75, 3.05) is 49.6 Å². The Kier molecular flexibility index (Phi) is 7.54. The third-order valence-corrected chi connectivity index (χ3v) is 8.08. The van der Waals surface area contributed by atoms with E-state index < -0.39 is 0 Å². The van der Waals surface area contributed by atoms with Crippen molar-refractivity contribution in [1.82, 2.24) is 34.6 Å². The molecule has 2 aliphatic heterocycles. The van der Waals surface area contributed by atoms with E-state index in [9.17, 15) is 9.59 Å². The fourth-order valence-corrected chi connectivity index (χ4v) is 5.75. The van der Waals surface area contributed by atoms with Gasteiger partial charge in [-0.15, -0.1) is 0 Å². The van der Waals surface area contributed by atoms with E-state index in [1.165, 1.54) is 0 Å². The van der Waals surface area contributed by atoms with Gasteiger partial charge in [0.15, 0.2) is 0 Å². The van der Waals surface area contributed by atoms with E-state index in [0.717, 1.165) is 36.0 Å². The molecule has 5 heterocycles. The van der Waals surface area contributed by atoms with Gasteiger partial charge in [0.25, 0.3) is 11.8 Å². The first-order chi connectivity index (χ1) is 21.5. The van der Waals surface area contributed by atoms with Crippen molar-refractivity contribution in [3.8, 4) is 0 Å². The average molecular weight is 595 g/mol. The summed E-state index contributed by atoms with van der Waals surface area (Å²) in [5, 5.41) is 7.55. The first-order valence-electron chi connectivity index (χ1n) is 14.9. The molecule has 226 valence electrons. The number of amides is 2. The zero-order valence-electron chi connectivity index (χ0n) is 24.2. The molecule has 5 N–H and O–H groups in total. The summed E-state index contributed by atoms with van der Waals surface area (Å²) in [6.07, 6.45) is 3.54. The highest BCUT2D eigenvalue weighted by atomic mass is 16.5. The third kappa shape index (κ3) is 5.66. The number of nitrogens with two attached hydrogens (primary N) is 1. The molecule has 44 heavy (non-hydrogen) atoms. The van der Waals surface area contributed by atoms with Gasteiger partial charge in [0.1, 0.15) is 5.69 Å². The van der Waals surface area contributed by atoms with Gasteiger partial charge in [0.05, 0.1) is 18.9 Å². The molecule has 7 rings (SSSR count). The van der Waals surface area contributed by atoms with E-state index in [1.54, 1.807) is 9.30 Å². The Bertz CT molecular complexity index is 1780. The van der Waals surface area contributed by atoms with Crippen LogP contribution in [0.3, 0.4) is 0 Å². The predicted octanol–water partition coefficient (Wildman–Crippen LogP) is 2.68. The van der Waals surface area contributed by atoms with Crippen LogP contribution in [0, 0.1) is 0 Å². The standard InChI is InChI=1S/C31H34N10O3/c32-17-24-19-41-30(34-22-9-7-20(8-10-22)28(43)39-12-14-44-15-13-39)37-29(38-31(41)35-24)40-11-3-5-23(18-40)33-27(42)26-16-21-4-1-2-6-25(21)36-26/h1-2,4,6-10,16,19,23,36H,3,5,11-15,17-18,32H2,(H,33,42)(H,34,35,37,38). The number of fused-ring (bicyclic) bond motifs is 2. The van der Waals surface area contributed by atoms with Crippen LogP contribution >= 0.6 is 0 Å². The van der Waals surface area contributed by atoms with Crippen molar-refractivity contribution >= 4 is 46.1 Å². The van der Waals surface area contributed by atoms with Gasteiger partial charge in [-0.05, 0) is 49.2 Å². The highest BCUT2D eigenvalue weighted by Gasteiger charge is 2.26. The van der Waals surface area contributed by atoms with Crippen LogP contribution in [0.2, 0.25) is 0 Å². The Balaban J connectivity index is 1.09. The lowest BCUT2D eigenvalue weighted by atomic mass is 10.1. The molecular weight excluding hydrogens is 560 g/mol. The number of anilines is 3. The number of para-hydroxylation sites is 1. The molecule has 1 atom stereocenters. The SMILES string of the molecule is NCc1cn2c(Nc3ccc(C(=O)N4CCOCC4)cc3)nc(N3CCCC(NC(=O)c4cc5ccccc5[nH]4)C3)nc2n1. The Hall–Kier alpha value is -5.01. The number of carbonyl (C=O) groups excluding carboxylic acids is 2. The largest absolute Gasteiger partial charge is 0.378 e. The summed E-state index contributed by atoms with van der Waals surface area (Å²) in [5.74, 6) is 1.36. The summed E-state index contributed by atoms with van der Waals surface area (Å²) in [7, 11) is 0. The first-order valence-corrected chi connectivity index (χ1v) is 14.9. The van der Waals surface area contributed by atoms with Crippen molar-refractivity contribution in [3.63, 3.8) is 0 Å². The zero-order chi connectivity index (χ0) is 30.0. The van der Waals surface area contributed by atoms with Crippen LogP contribution in [-0.2, 0) is 11.3 Å². The molecule has 0 radical (unpaired) electrons. The Morgan fingerprint density at radius 3 is 2.64 bits per heavy atom. The lowest BCUT2D eigenvalue weighted by Crippen LogP contribution is -2.48. The fourth-order valence-electron chi connectivity index (χ4n) is 5.75. The summed E-state index contributed by atoms with van der Waals surface area (Å²) < 4.78 is 7.14. The zero-order valence-corrected chi connectivity index (χ0v) is 24.2. The molecule has 0 aliphatic carbocycles. The number of nitrogens with one attached hydrogen (secondary N) is 3. The second-order valence-electron chi connectivity index (χ2n) is 11.1. The van der Waals surface area contributed by atoms with E-state index in [2.05, 4.69) is 25.5 Å². The van der Waals surface area contributed by atoms with Gasteiger partial charge >= 0.3 is 0 Å². The maximum Gasteiger partial charge on any atom is 0.268 e. The monoisotopic (exact) mass is 594 g/mol. The molecule has 2 aromatic carbocycles. The van der Waals surface area contributed by atoms with Gasteiger partial charge < -0.3 is 35.9 Å². The average Bonchev–Trinajstić information content (AvgIpc) is 3.70. The normalized spacial score (nSPS) is 17.2. The fraction of sp³-hybridized carbons (Fsp3) is 0.323. The first kappa shape index (κ1) is 27.8. The lowest BCUT2D eigenvalue weighted by Gasteiger charge is -2.33. The predicted molar refractivity (Wildman–Crippen MR) is 166 cm³/mol. The molecule has 13 heteroatoms. The van der Waals surface area contributed by atoms with Crippen molar-refractivity contribution in [2.24, 2.45) is 5.73 Å². The number of benzene rings is 2. The molecule has 13 nitrogen and oxygen atoms in total. The van der Waals surface area contributed by atoms with E-state index in [0.29, 0.717) is 67.5 Å². The quantitative estimate of drug-likeness (QED) is 0.222. The Morgan fingerprint density at radius 1 is 1.02 bits per heavy atom. The van der Waals surface area contributed by atoms with E-state index in [-0.39, 0.29) is 24.4 Å². The highest BCUT2D eigenvalue weighted by molar-refractivity contribution is 5.98. The van der Waals surface area contributed by atoms with Crippen LogP contribution in [0.1, 0.15) is 39.4 Å². The number of ether oxygens (including phenoxy) is 1. The van der Waals surface area contributed by atoms with Crippen molar-refractivity contribution in [3.05, 3.63) is 77.7 Å². The van der Waals surface area contributed by atoms with Crippen molar-refractivity contribution < 1.29 is 14.3 Å². The number of carbonyl (C=O) groups is 2. The highest BCUT2D eigenvalue weighted by Crippen LogP contribution is 2.24. The van der Waals surface area contributed by atoms with Gasteiger partial charge in [-0.1, -0.05) is 18.2 Å². The lowest BCUT2D eigenvalue weighted by molar-refractivity contribution is 0.0303. The maximum atomic E-state index is 13.1. The molecule has 1 unspecified atom stereocenters. The maximum absolute atomic E-state index is 13.1. The molecule has 2 saturated heterocycles. The number of imidazole rings is 1. The van der Waals surface area contributed by atoms with Gasteiger partial charge in [-0.2, -0.15) is 9.97 Å². The molecule has 3 aromatic heterocycles. The number of hydrogen-bond acceptors (Lipinski definition) is 9. The van der Waals surface area contributed by atoms with Crippen LogP contribution in [0.4, 0.5) is 17.6 Å². The minimum absolute atomic E-state index is 0.00922. The minimum Gasteiger partial charge on any atom is -0.378 e. The number of hydrogen-bond donors (Lipinski definition) is 4. The van der Waals surface area contributed by atoms with Crippen LogP contribution in [0.25, 0.3) is 16.7 Å². The second-order valence-corrected chi connectivity index (χ2v) is 11.1. The molecular formula is C31H34N10O3. The van der Waals surface area contributed by atoms with Gasteiger partial charge in [-0.25, -0.2) is 4.98 Å². The van der Waals surface area contributed by atoms with Gasteiger partial charge in [0.2, 0.25) is 17.7 Å². The number of aromatic amines is 1. The number of rotatable bonds is 7. The van der Waals surface area contributed by atoms with Crippen LogP contribution in [0.5, 0.6) is 0 Å². The molecule has 0 bridgehead atoms. The summed E-state index contributed by atoms with van der Waals surface area (Å²) in [6, 6.07) is 17.0. The molecule has 0 saturated carbocycles. The van der Waals surface area contributed by atoms with Crippen LogP contribution in [-0.4, -0.2) is 86.5 Å². The third-order valence-electron chi connectivity index (χ3n) is 8.08. The number of nitrogens with zero attached hydrogens (tertiary/aromatic N) is 6. The van der Waals surface area contributed by atoms with E-state index in [4.69, 9.17) is 20.4 Å². The second kappa shape index (κ2) is 11.9. The van der Waals surface area contributed by atoms with E-state index in [1.807, 2.05) is 60.8 Å². The molecule has 0 spiro atoms. The van der Waals surface area contributed by atoms with Crippen molar-refractivity contribution in [2.45, 2.75) is 25.4 Å². The van der Waals surface area contributed by atoms with Gasteiger partial charge in [0, 0.05) is 67.1 Å². The number of piperidine rings is 1. The van der Waals surface area contributed by atoms with Crippen molar-refractivity contribution in [1.29, 1.82) is 0 Å². The van der Waals surface area contributed by atoms with E-state index >= 15 is 0 Å². The molecule has 2 aliphatic rings. The van der Waals surface area contributed by atoms with Gasteiger partial charge in [-0.3, -0.25) is 14.0 Å². The Morgan fingerprint density at radius 2 is 1.84 bits per heavy atom. The summed E-state index contributed by atoms with van der Waals surface area (Å²) in [6.45, 7) is 3.87. The number of morpholine rings is 1. The summed E-state index contributed by atoms with van der Waals surface area (Å²) in [4.78, 5) is 47.3. The summed E-state index contributed by atoms with van der Waals surface area (Å²) >= 11 is 0. The van der Waals surface area contributed by atoms with Crippen LogP contribution in [0.15, 0.2) is 60.8 Å². The number of aromatic nitrogens is 5. The molecule has 2 amide bonds. The minimum atomic E-state index is -0.136. The molecule has 5 aromatic rings. The molecule has 2 fully saturated rings. The van der Waals surface area contributed by atoms with Crippen LogP contribution < -0.4 is 21.3 Å². The summed E-state index contributed by atoms with van der Waals surface area (Å²) in [5.41, 5.74) is 9.44. The number of H-pyrrole nitrogens is 1. The topological polar surface area (TPSA) is 159 Å². The Labute approximate surface area is 253 Å². The smallest absolute Gasteiger partial charge is 0.268 e.